The van der Waals surface area contributed by atoms with Crippen LogP contribution in [-0.4, -0.2) is 18.0 Å². The van der Waals surface area contributed by atoms with E-state index in [4.69, 9.17) is 0 Å². The Bertz CT molecular complexity index is 515. The summed E-state index contributed by atoms with van der Waals surface area (Å²) in [6.07, 6.45) is 7.14. The third-order valence-corrected chi connectivity index (χ3v) is 4.44. The van der Waals surface area contributed by atoms with Gasteiger partial charge in [-0.3, -0.25) is 4.90 Å². The first-order valence-electron chi connectivity index (χ1n) is 6.91. The molecule has 0 bridgehead atoms. The van der Waals surface area contributed by atoms with Gasteiger partial charge < -0.3 is 0 Å². The molecule has 0 saturated carbocycles. The zero-order valence-electron chi connectivity index (χ0n) is 11.0. The SMILES string of the molecule is C(=Cc1ccccc1)CN1CCCC1c1ccsc1. The predicted octanol–water partition coefficient (Wildman–Crippen LogP) is 4.60. The molecule has 1 unspecified atom stereocenters. The lowest BCUT2D eigenvalue weighted by Crippen LogP contribution is -2.22. The molecule has 1 aliphatic heterocycles. The molecule has 1 aromatic carbocycles. The van der Waals surface area contributed by atoms with Crippen molar-refractivity contribution in [1.82, 2.24) is 4.90 Å². The molecule has 1 aromatic heterocycles. The monoisotopic (exact) mass is 269 g/mol. The molecule has 1 fully saturated rings. The van der Waals surface area contributed by atoms with Gasteiger partial charge in [0.1, 0.15) is 0 Å². The summed E-state index contributed by atoms with van der Waals surface area (Å²) in [5.41, 5.74) is 2.78. The van der Waals surface area contributed by atoms with Crippen molar-refractivity contribution in [3.8, 4) is 0 Å². The lowest BCUT2D eigenvalue weighted by molar-refractivity contribution is 0.286. The molecule has 3 rings (SSSR count). The Morgan fingerprint density at radius 3 is 2.89 bits per heavy atom. The molecular weight excluding hydrogens is 250 g/mol. The standard InChI is InChI=1S/C17H19NS/c1-2-6-15(7-3-1)8-4-11-18-12-5-9-17(18)16-10-13-19-14-16/h1-4,6-8,10,13-14,17H,5,9,11-12H2. The van der Waals surface area contributed by atoms with Crippen LogP contribution in [-0.2, 0) is 0 Å². The number of rotatable bonds is 4. The Labute approximate surface area is 119 Å². The van der Waals surface area contributed by atoms with Gasteiger partial charge in [0.25, 0.3) is 0 Å². The van der Waals surface area contributed by atoms with E-state index in [2.05, 4.69) is 64.2 Å². The Kier molecular flexibility index (Phi) is 4.11. The zero-order valence-corrected chi connectivity index (χ0v) is 11.9. The molecule has 1 atom stereocenters. The second-order valence-electron chi connectivity index (χ2n) is 5.02. The summed E-state index contributed by atoms with van der Waals surface area (Å²) in [6, 6.07) is 13.4. The summed E-state index contributed by atoms with van der Waals surface area (Å²) in [4.78, 5) is 2.58. The van der Waals surface area contributed by atoms with Gasteiger partial charge >= 0.3 is 0 Å². The average molecular weight is 269 g/mol. The molecule has 1 saturated heterocycles. The van der Waals surface area contributed by atoms with E-state index in [1.807, 2.05) is 0 Å². The third-order valence-electron chi connectivity index (χ3n) is 3.74. The van der Waals surface area contributed by atoms with Crippen molar-refractivity contribution in [2.75, 3.05) is 13.1 Å². The fourth-order valence-electron chi connectivity index (χ4n) is 2.78. The van der Waals surface area contributed by atoms with Gasteiger partial charge in [-0.2, -0.15) is 11.3 Å². The fraction of sp³-hybridized carbons (Fsp3) is 0.294. The van der Waals surface area contributed by atoms with Crippen molar-refractivity contribution in [3.05, 3.63) is 64.4 Å². The van der Waals surface area contributed by atoms with Crippen molar-refractivity contribution in [2.24, 2.45) is 0 Å². The third kappa shape index (κ3) is 3.14. The quantitative estimate of drug-likeness (QED) is 0.784. The minimum Gasteiger partial charge on any atom is -0.293 e. The van der Waals surface area contributed by atoms with Crippen LogP contribution < -0.4 is 0 Å². The van der Waals surface area contributed by atoms with Crippen molar-refractivity contribution < 1.29 is 0 Å². The minimum absolute atomic E-state index is 0.631. The second kappa shape index (κ2) is 6.18. The summed E-state index contributed by atoms with van der Waals surface area (Å²) in [7, 11) is 0. The first kappa shape index (κ1) is 12.6. The van der Waals surface area contributed by atoms with E-state index in [-0.39, 0.29) is 0 Å². The smallest absolute Gasteiger partial charge is 0.0360 e. The maximum atomic E-state index is 2.58. The van der Waals surface area contributed by atoms with Crippen LogP contribution in [0.2, 0.25) is 0 Å². The fourth-order valence-corrected chi connectivity index (χ4v) is 3.48. The summed E-state index contributed by atoms with van der Waals surface area (Å²) >= 11 is 1.80. The Balaban J connectivity index is 1.62. The molecule has 0 radical (unpaired) electrons. The first-order valence-corrected chi connectivity index (χ1v) is 7.85. The highest BCUT2D eigenvalue weighted by molar-refractivity contribution is 7.07. The number of thiophene rings is 1. The molecule has 2 heteroatoms. The number of hydrogen-bond donors (Lipinski definition) is 0. The highest BCUT2D eigenvalue weighted by atomic mass is 32.1. The summed E-state index contributed by atoms with van der Waals surface area (Å²) in [5.74, 6) is 0. The Morgan fingerprint density at radius 2 is 2.11 bits per heavy atom. The molecule has 1 aliphatic rings. The maximum Gasteiger partial charge on any atom is 0.0360 e. The largest absolute Gasteiger partial charge is 0.293 e. The van der Waals surface area contributed by atoms with E-state index in [9.17, 15) is 0 Å². The van der Waals surface area contributed by atoms with E-state index >= 15 is 0 Å². The molecule has 1 nitrogen and oxygen atoms in total. The number of likely N-dealkylation sites (tertiary alicyclic amines) is 1. The lowest BCUT2D eigenvalue weighted by Gasteiger charge is -2.22. The Hall–Kier alpha value is -1.38. The molecular formula is C17H19NS. The van der Waals surface area contributed by atoms with Crippen LogP contribution in [0.4, 0.5) is 0 Å². The minimum atomic E-state index is 0.631. The van der Waals surface area contributed by atoms with E-state index < -0.39 is 0 Å². The number of nitrogens with zero attached hydrogens (tertiary/aromatic N) is 1. The van der Waals surface area contributed by atoms with Crippen molar-refractivity contribution in [3.63, 3.8) is 0 Å². The summed E-state index contributed by atoms with van der Waals surface area (Å²) < 4.78 is 0. The van der Waals surface area contributed by atoms with Gasteiger partial charge in [0.05, 0.1) is 0 Å². The molecule has 0 spiro atoms. The van der Waals surface area contributed by atoms with Gasteiger partial charge in [-0.05, 0) is 47.3 Å². The number of hydrogen-bond acceptors (Lipinski definition) is 2. The lowest BCUT2D eigenvalue weighted by atomic mass is 10.1. The van der Waals surface area contributed by atoms with E-state index in [1.165, 1.54) is 30.5 Å². The topological polar surface area (TPSA) is 3.24 Å². The first-order chi connectivity index (χ1) is 9.43. The Morgan fingerprint density at radius 1 is 1.21 bits per heavy atom. The predicted molar refractivity (Wildman–Crippen MR) is 83.3 cm³/mol. The number of benzene rings is 1. The second-order valence-corrected chi connectivity index (χ2v) is 5.80. The van der Waals surface area contributed by atoms with Gasteiger partial charge in [-0.25, -0.2) is 0 Å². The van der Waals surface area contributed by atoms with Crippen LogP contribution in [0.5, 0.6) is 0 Å². The highest BCUT2D eigenvalue weighted by Crippen LogP contribution is 2.32. The molecule has 0 N–H and O–H groups in total. The van der Waals surface area contributed by atoms with Gasteiger partial charge in [0, 0.05) is 12.6 Å². The maximum absolute atomic E-state index is 2.58. The van der Waals surface area contributed by atoms with E-state index in [0.29, 0.717) is 6.04 Å². The van der Waals surface area contributed by atoms with Gasteiger partial charge in [0.15, 0.2) is 0 Å². The molecule has 98 valence electrons. The van der Waals surface area contributed by atoms with Gasteiger partial charge in [0.2, 0.25) is 0 Å². The van der Waals surface area contributed by atoms with E-state index in [0.717, 1.165) is 6.54 Å². The molecule has 0 amide bonds. The molecule has 2 heterocycles. The molecule has 2 aromatic rings. The van der Waals surface area contributed by atoms with Gasteiger partial charge in [-0.1, -0.05) is 42.5 Å². The van der Waals surface area contributed by atoms with Crippen molar-refractivity contribution in [2.45, 2.75) is 18.9 Å². The van der Waals surface area contributed by atoms with Crippen LogP contribution in [0.25, 0.3) is 6.08 Å². The average Bonchev–Trinajstić information content (AvgIpc) is 3.10. The van der Waals surface area contributed by atoms with Crippen molar-refractivity contribution in [1.29, 1.82) is 0 Å². The molecule has 0 aliphatic carbocycles. The summed E-state index contributed by atoms with van der Waals surface area (Å²) in [5, 5.41) is 4.48. The van der Waals surface area contributed by atoms with Crippen LogP contribution in [0.1, 0.15) is 30.0 Å². The highest BCUT2D eigenvalue weighted by Gasteiger charge is 2.24. The summed E-state index contributed by atoms with van der Waals surface area (Å²) in [6.45, 7) is 2.27. The van der Waals surface area contributed by atoms with Crippen LogP contribution in [0, 0.1) is 0 Å². The van der Waals surface area contributed by atoms with E-state index in [1.54, 1.807) is 11.3 Å². The van der Waals surface area contributed by atoms with Crippen molar-refractivity contribution >= 4 is 17.4 Å². The zero-order chi connectivity index (χ0) is 12.9. The van der Waals surface area contributed by atoms with Crippen LogP contribution >= 0.6 is 11.3 Å². The normalized spacial score (nSPS) is 20.3. The van der Waals surface area contributed by atoms with Crippen LogP contribution in [0.15, 0.2) is 53.2 Å². The molecule has 19 heavy (non-hydrogen) atoms. The van der Waals surface area contributed by atoms with Gasteiger partial charge in [-0.15, -0.1) is 0 Å². The van der Waals surface area contributed by atoms with Crippen LogP contribution in [0.3, 0.4) is 0 Å².